The molecule has 0 heterocycles. The van der Waals surface area contributed by atoms with E-state index in [9.17, 15) is 0 Å². The third-order valence-electron chi connectivity index (χ3n) is 2.57. The van der Waals surface area contributed by atoms with E-state index in [1.165, 1.54) is 0 Å². The molecule has 96 valence electrons. The molecular formula is C15H18Cl2N+. The van der Waals surface area contributed by atoms with E-state index in [-0.39, 0.29) is 0 Å². The Morgan fingerprint density at radius 3 is 2.44 bits per heavy atom. The molecule has 0 fully saturated rings. The first-order chi connectivity index (χ1) is 8.39. The zero-order valence-electron chi connectivity index (χ0n) is 10.8. The molecule has 0 saturated carbocycles. The fourth-order valence-corrected chi connectivity index (χ4v) is 1.60. The molecule has 1 nitrogen and oxygen atoms in total. The molecule has 0 N–H and O–H groups in total. The molecule has 0 bridgehead atoms. The van der Waals surface area contributed by atoms with Crippen LogP contribution >= 0.6 is 23.2 Å². The lowest BCUT2D eigenvalue weighted by Crippen LogP contribution is -2.40. The first kappa shape index (κ1) is 15.1. The van der Waals surface area contributed by atoms with Crippen LogP contribution in [-0.2, 0) is 0 Å². The largest absolute Gasteiger partial charge is 0.318 e. The van der Waals surface area contributed by atoms with Crippen LogP contribution in [0.25, 0.3) is 0 Å². The van der Waals surface area contributed by atoms with E-state index in [4.69, 9.17) is 23.2 Å². The molecule has 0 radical (unpaired) electrons. The van der Waals surface area contributed by atoms with Crippen LogP contribution in [0.5, 0.6) is 0 Å². The smallest absolute Gasteiger partial charge is 0.140 e. The number of quaternary nitrogens is 1. The van der Waals surface area contributed by atoms with Gasteiger partial charge in [-0.2, -0.15) is 0 Å². The van der Waals surface area contributed by atoms with E-state index in [0.29, 0.717) is 5.03 Å². The Labute approximate surface area is 120 Å². The summed E-state index contributed by atoms with van der Waals surface area (Å²) in [6.45, 7) is 5.43. The van der Waals surface area contributed by atoms with Gasteiger partial charge in [-0.05, 0) is 30.2 Å². The zero-order chi connectivity index (χ0) is 13.6. The minimum absolute atomic E-state index is 0.701. The normalized spacial score (nSPS) is 10.7. The number of hydrogen-bond acceptors (Lipinski definition) is 0. The van der Waals surface area contributed by atoms with Crippen LogP contribution in [0.3, 0.4) is 0 Å². The average molecular weight is 283 g/mol. The van der Waals surface area contributed by atoms with Crippen molar-refractivity contribution in [2.75, 3.05) is 27.2 Å². The third-order valence-corrected chi connectivity index (χ3v) is 3.01. The highest BCUT2D eigenvalue weighted by molar-refractivity contribution is 6.30. The van der Waals surface area contributed by atoms with Crippen molar-refractivity contribution in [2.24, 2.45) is 0 Å². The first-order valence-corrected chi connectivity index (χ1v) is 6.54. The van der Waals surface area contributed by atoms with Gasteiger partial charge < -0.3 is 4.48 Å². The minimum Gasteiger partial charge on any atom is -0.318 e. The molecule has 1 rings (SSSR count). The summed E-state index contributed by atoms with van der Waals surface area (Å²) in [4.78, 5) is 0. The van der Waals surface area contributed by atoms with Crippen molar-refractivity contribution in [2.45, 2.75) is 6.42 Å². The summed E-state index contributed by atoms with van der Waals surface area (Å²) in [6.07, 6.45) is 0.817. The Morgan fingerprint density at radius 1 is 1.28 bits per heavy atom. The molecule has 1 aromatic rings. The lowest BCUT2D eigenvalue weighted by atomic mass is 10.2. The lowest BCUT2D eigenvalue weighted by molar-refractivity contribution is -0.882. The van der Waals surface area contributed by atoms with Gasteiger partial charge in [0.15, 0.2) is 0 Å². The van der Waals surface area contributed by atoms with E-state index < -0.39 is 0 Å². The lowest BCUT2D eigenvalue weighted by Gasteiger charge is -2.27. The molecule has 3 heteroatoms. The summed E-state index contributed by atoms with van der Waals surface area (Å²) < 4.78 is 0.812. The predicted molar refractivity (Wildman–Crippen MR) is 79.8 cm³/mol. The number of rotatable bonds is 4. The summed E-state index contributed by atoms with van der Waals surface area (Å²) in [7, 11) is 4.27. The second-order valence-corrected chi connectivity index (χ2v) is 5.86. The summed E-state index contributed by atoms with van der Waals surface area (Å²) in [5, 5.41) is 1.43. The minimum atomic E-state index is 0.701. The van der Waals surface area contributed by atoms with Crippen LogP contribution in [0.2, 0.25) is 5.02 Å². The summed E-state index contributed by atoms with van der Waals surface area (Å²) in [5.41, 5.74) is 0.987. The fourth-order valence-electron chi connectivity index (χ4n) is 1.39. The molecule has 0 aliphatic rings. The highest BCUT2D eigenvalue weighted by atomic mass is 35.5. The number of benzene rings is 1. The summed E-state index contributed by atoms with van der Waals surface area (Å²) in [6, 6.07) is 7.55. The SMILES string of the molecule is C=C(Cl)CC[N+](C)(C)CC#Cc1ccc(Cl)cc1. The van der Waals surface area contributed by atoms with Gasteiger partial charge in [-0.15, -0.1) is 0 Å². The van der Waals surface area contributed by atoms with Gasteiger partial charge in [-0.1, -0.05) is 35.7 Å². The molecule has 1 aromatic carbocycles. The molecule has 0 unspecified atom stereocenters. The number of nitrogens with zero attached hydrogens (tertiary/aromatic N) is 1. The molecule has 0 aromatic heterocycles. The van der Waals surface area contributed by atoms with Crippen LogP contribution in [0, 0.1) is 11.8 Å². The molecule has 0 spiro atoms. The van der Waals surface area contributed by atoms with E-state index in [1.807, 2.05) is 24.3 Å². The van der Waals surface area contributed by atoms with Crippen molar-refractivity contribution < 1.29 is 4.48 Å². The summed E-state index contributed by atoms with van der Waals surface area (Å²) in [5.74, 6) is 6.33. The van der Waals surface area contributed by atoms with Crippen molar-refractivity contribution >= 4 is 23.2 Å². The van der Waals surface area contributed by atoms with Gasteiger partial charge in [-0.25, -0.2) is 0 Å². The second-order valence-electron chi connectivity index (χ2n) is 4.89. The van der Waals surface area contributed by atoms with Crippen LogP contribution in [0.4, 0.5) is 0 Å². The third kappa shape index (κ3) is 6.12. The topological polar surface area (TPSA) is 0 Å². The Hall–Kier alpha value is -0.940. The molecule has 18 heavy (non-hydrogen) atoms. The van der Waals surface area contributed by atoms with Crippen LogP contribution in [-0.4, -0.2) is 31.7 Å². The number of halogens is 2. The quantitative estimate of drug-likeness (QED) is 0.580. The molecule has 0 aliphatic heterocycles. The van der Waals surface area contributed by atoms with Crippen molar-refractivity contribution in [1.82, 2.24) is 0 Å². The van der Waals surface area contributed by atoms with Crippen LogP contribution in [0.1, 0.15) is 12.0 Å². The average Bonchev–Trinajstić information content (AvgIpc) is 2.29. The van der Waals surface area contributed by atoms with Gasteiger partial charge in [0, 0.05) is 22.0 Å². The van der Waals surface area contributed by atoms with Crippen LogP contribution in [0.15, 0.2) is 35.9 Å². The van der Waals surface area contributed by atoms with E-state index >= 15 is 0 Å². The molecule has 0 amide bonds. The van der Waals surface area contributed by atoms with E-state index in [1.54, 1.807) is 0 Å². The zero-order valence-corrected chi connectivity index (χ0v) is 12.4. The van der Waals surface area contributed by atoms with Crippen molar-refractivity contribution in [3.05, 3.63) is 46.5 Å². The molecule has 0 aliphatic carbocycles. The number of hydrogen-bond donors (Lipinski definition) is 0. The van der Waals surface area contributed by atoms with Crippen LogP contribution < -0.4 is 0 Å². The molecule has 0 atom stereocenters. The standard InChI is InChI=1S/C15H18Cl2N/c1-13(16)10-12-18(2,3)11-4-5-14-6-8-15(17)9-7-14/h6-9H,1,10-12H2,2-3H3/q+1. The van der Waals surface area contributed by atoms with Crippen molar-refractivity contribution in [3.63, 3.8) is 0 Å². The van der Waals surface area contributed by atoms with E-state index in [2.05, 4.69) is 32.5 Å². The van der Waals surface area contributed by atoms with Gasteiger partial charge >= 0.3 is 0 Å². The van der Waals surface area contributed by atoms with Gasteiger partial charge in [0.1, 0.15) is 6.54 Å². The first-order valence-electron chi connectivity index (χ1n) is 5.79. The van der Waals surface area contributed by atoms with Gasteiger partial charge in [0.2, 0.25) is 0 Å². The Balaban J connectivity index is 2.54. The maximum absolute atomic E-state index is 5.82. The second kappa shape index (κ2) is 6.85. The Kier molecular flexibility index (Phi) is 5.75. The highest BCUT2D eigenvalue weighted by Gasteiger charge is 2.12. The predicted octanol–water partition coefficient (Wildman–Crippen LogP) is 3.91. The van der Waals surface area contributed by atoms with Gasteiger partial charge in [-0.3, -0.25) is 0 Å². The Morgan fingerprint density at radius 2 is 1.89 bits per heavy atom. The van der Waals surface area contributed by atoms with E-state index in [0.717, 1.165) is 34.6 Å². The molecule has 0 saturated heterocycles. The van der Waals surface area contributed by atoms with Gasteiger partial charge in [0.05, 0.1) is 20.6 Å². The summed E-state index contributed by atoms with van der Waals surface area (Å²) >= 11 is 11.6. The maximum Gasteiger partial charge on any atom is 0.140 e. The maximum atomic E-state index is 5.82. The molecular weight excluding hydrogens is 265 g/mol. The monoisotopic (exact) mass is 282 g/mol. The van der Waals surface area contributed by atoms with Crippen molar-refractivity contribution in [1.29, 1.82) is 0 Å². The van der Waals surface area contributed by atoms with Gasteiger partial charge in [0.25, 0.3) is 0 Å². The van der Waals surface area contributed by atoms with Crippen molar-refractivity contribution in [3.8, 4) is 11.8 Å². The highest BCUT2D eigenvalue weighted by Crippen LogP contribution is 2.09. The fraction of sp³-hybridized carbons (Fsp3) is 0.333. The Bertz CT molecular complexity index is 464.